The molecule has 2 aromatic carbocycles. The largest absolute Gasteiger partial charge is 0.492 e. The fourth-order valence-electron chi connectivity index (χ4n) is 3.75. The first-order chi connectivity index (χ1) is 16.5. The van der Waals surface area contributed by atoms with Gasteiger partial charge in [-0.2, -0.15) is 4.31 Å². The Labute approximate surface area is 206 Å². The number of carbonyl (C=O) groups is 1. The molecule has 12 heteroatoms. The predicted octanol–water partition coefficient (Wildman–Crippen LogP) is 1.29. The quantitative estimate of drug-likeness (QED) is 0.464. The number of morpholine rings is 1. The zero-order valence-electron chi connectivity index (χ0n) is 20.1. The van der Waals surface area contributed by atoms with E-state index in [1.807, 2.05) is 6.07 Å². The third-order valence-corrected chi connectivity index (χ3v) is 8.53. The lowest BCUT2D eigenvalue weighted by molar-refractivity contribution is -0.119. The van der Waals surface area contributed by atoms with E-state index in [1.165, 1.54) is 16.4 Å². The van der Waals surface area contributed by atoms with E-state index in [1.54, 1.807) is 38.1 Å². The van der Waals surface area contributed by atoms with Crippen molar-refractivity contribution in [3.8, 4) is 5.75 Å². The fraction of sp³-hybridized carbons (Fsp3) is 0.435. The molecule has 2 aromatic rings. The van der Waals surface area contributed by atoms with Crippen molar-refractivity contribution in [1.29, 1.82) is 0 Å². The monoisotopic (exact) mass is 525 g/mol. The Bertz CT molecular complexity index is 1220. The number of benzene rings is 2. The van der Waals surface area contributed by atoms with Gasteiger partial charge in [0.05, 0.1) is 36.6 Å². The molecule has 0 aromatic heterocycles. The molecule has 1 aliphatic rings. The number of aryl methyl sites for hydroxylation is 2. The second-order valence-electron chi connectivity index (χ2n) is 8.20. The molecule has 0 atom stereocenters. The molecular weight excluding hydrogens is 494 g/mol. The smallest absolute Gasteiger partial charge is 0.243 e. The van der Waals surface area contributed by atoms with Gasteiger partial charge in [0.2, 0.25) is 26.0 Å². The van der Waals surface area contributed by atoms with Crippen LogP contribution in [0.25, 0.3) is 0 Å². The van der Waals surface area contributed by atoms with Crippen LogP contribution in [-0.4, -0.2) is 79.3 Å². The number of amides is 1. The van der Waals surface area contributed by atoms with Crippen LogP contribution in [0.1, 0.15) is 11.1 Å². The van der Waals surface area contributed by atoms with Crippen molar-refractivity contribution in [2.75, 3.05) is 56.6 Å². The summed E-state index contributed by atoms with van der Waals surface area (Å²) in [7, 11) is -7.26. The van der Waals surface area contributed by atoms with E-state index < -0.39 is 26.0 Å². The standard InChI is InChI=1S/C23H31N3O7S2/c1-18-5-4-6-19(2)23(18)26(34(3,28)29)17-22(27)24-11-14-33-20-7-9-21(10-8-20)35(30,31)25-12-15-32-16-13-25/h4-10H,11-17H2,1-3H3,(H,24,27). The van der Waals surface area contributed by atoms with Gasteiger partial charge < -0.3 is 14.8 Å². The van der Waals surface area contributed by atoms with E-state index in [-0.39, 0.29) is 24.6 Å². The van der Waals surface area contributed by atoms with E-state index in [0.717, 1.165) is 21.7 Å². The Kier molecular flexibility index (Phi) is 8.75. The van der Waals surface area contributed by atoms with Gasteiger partial charge in [-0.25, -0.2) is 16.8 Å². The normalized spacial score (nSPS) is 14.9. The molecule has 1 heterocycles. The van der Waals surface area contributed by atoms with Crippen LogP contribution in [0.15, 0.2) is 47.4 Å². The second-order valence-corrected chi connectivity index (χ2v) is 12.0. The number of hydrogen-bond acceptors (Lipinski definition) is 7. The number of hydrogen-bond donors (Lipinski definition) is 1. The summed E-state index contributed by atoms with van der Waals surface area (Å²) in [4.78, 5) is 12.6. The summed E-state index contributed by atoms with van der Waals surface area (Å²) in [6.07, 6.45) is 1.07. The summed E-state index contributed by atoms with van der Waals surface area (Å²) in [5, 5.41) is 2.66. The number of rotatable bonds is 10. The maximum absolute atomic E-state index is 12.7. The van der Waals surface area contributed by atoms with Crippen molar-refractivity contribution in [2.24, 2.45) is 0 Å². The van der Waals surface area contributed by atoms with Crippen LogP contribution in [0.4, 0.5) is 5.69 Å². The Morgan fingerprint density at radius 2 is 1.63 bits per heavy atom. The molecule has 0 radical (unpaired) electrons. The minimum Gasteiger partial charge on any atom is -0.492 e. The average Bonchev–Trinajstić information content (AvgIpc) is 2.81. The number of ether oxygens (including phenoxy) is 2. The van der Waals surface area contributed by atoms with Gasteiger partial charge in [-0.1, -0.05) is 18.2 Å². The van der Waals surface area contributed by atoms with Crippen LogP contribution >= 0.6 is 0 Å². The topological polar surface area (TPSA) is 122 Å². The Morgan fingerprint density at radius 3 is 2.20 bits per heavy atom. The molecule has 10 nitrogen and oxygen atoms in total. The second kappa shape index (κ2) is 11.4. The SMILES string of the molecule is Cc1cccc(C)c1N(CC(=O)NCCOc1ccc(S(=O)(=O)N2CCOCC2)cc1)S(C)(=O)=O. The minimum atomic E-state index is -3.67. The highest BCUT2D eigenvalue weighted by atomic mass is 32.2. The van der Waals surface area contributed by atoms with E-state index in [4.69, 9.17) is 9.47 Å². The van der Waals surface area contributed by atoms with Crippen molar-refractivity contribution < 1.29 is 31.1 Å². The molecule has 0 saturated carbocycles. The van der Waals surface area contributed by atoms with Crippen molar-refractivity contribution in [3.63, 3.8) is 0 Å². The van der Waals surface area contributed by atoms with Crippen LogP contribution in [0, 0.1) is 13.8 Å². The molecule has 0 spiro atoms. The summed E-state index contributed by atoms with van der Waals surface area (Å²) in [5.74, 6) is -0.0119. The minimum absolute atomic E-state index is 0.129. The summed E-state index contributed by atoms with van der Waals surface area (Å²) in [5.41, 5.74) is 2.00. The Hall–Kier alpha value is -2.67. The van der Waals surface area contributed by atoms with Gasteiger partial charge >= 0.3 is 0 Å². The van der Waals surface area contributed by atoms with Gasteiger partial charge in [-0.3, -0.25) is 9.10 Å². The van der Waals surface area contributed by atoms with Crippen LogP contribution < -0.4 is 14.4 Å². The van der Waals surface area contributed by atoms with E-state index in [9.17, 15) is 21.6 Å². The number of para-hydroxylation sites is 1. The predicted molar refractivity (Wildman–Crippen MR) is 133 cm³/mol. The zero-order chi connectivity index (χ0) is 25.6. The molecule has 192 valence electrons. The molecule has 1 amide bonds. The molecule has 3 rings (SSSR count). The molecule has 0 unspecified atom stereocenters. The summed E-state index contributed by atoms with van der Waals surface area (Å²) in [6, 6.07) is 11.5. The molecule has 1 N–H and O–H groups in total. The average molecular weight is 526 g/mol. The summed E-state index contributed by atoms with van der Waals surface area (Å²) >= 11 is 0. The van der Waals surface area contributed by atoms with Crippen molar-refractivity contribution in [3.05, 3.63) is 53.6 Å². The molecule has 1 aliphatic heterocycles. The van der Waals surface area contributed by atoms with Crippen LogP contribution in [-0.2, 0) is 29.6 Å². The molecule has 1 fully saturated rings. The van der Waals surface area contributed by atoms with Gasteiger partial charge in [-0.15, -0.1) is 0 Å². The first-order valence-electron chi connectivity index (χ1n) is 11.1. The summed E-state index contributed by atoms with van der Waals surface area (Å²) < 4.78 is 63.3. The van der Waals surface area contributed by atoms with Gasteiger partial charge in [0.15, 0.2) is 0 Å². The maximum atomic E-state index is 12.7. The lowest BCUT2D eigenvalue weighted by Crippen LogP contribution is -2.42. The number of sulfonamides is 2. The Morgan fingerprint density at radius 1 is 1.03 bits per heavy atom. The van der Waals surface area contributed by atoms with Gasteiger partial charge in [0.25, 0.3) is 0 Å². The molecular formula is C23H31N3O7S2. The molecule has 0 aliphatic carbocycles. The number of nitrogens with one attached hydrogen (secondary N) is 1. The van der Waals surface area contributed by atoms with E-state index >= 15 is 0 Å². The third-order valence-electron chi connectivity index (χ3n) is 5.50. The highest BCUT2D eigenvalue weighted by Gasteiger charge is 2.26. The van der Waals surface area contributed by atoms with Crippen molar-refractivity contribution >= 4 is 31.6 Å². The van der Waals surface area contributed by atoms with Gasteiger partial charge in [0.1, 0.15) is 18.9 Å². The number of anilines is 1. The van der Waals surface area contributed by atoms with Gasteiger partial charge in [-0.05, 0) is 49.2 Å². The van der Waals surface area contributed by atoms with Gasteiger partial charge in [0, 0.05) is 13.1 Å². The van der Waals surface area contributed by atoms with Crippen LogP contribution in [0.2, 0.25) is 0 Å². The van der Waals surface area contributed by atoms with Crippen molar-refractivity contribution in [1.82, 2.24) is 9.62 Å². The maximum Gasteiger partial charge on any atom is 0.243 e. The van der Waals surface area contributed by atoms with Crippen LogP contribution in [0.5, 0.6) is 5.75 Å². The zero-order valence-corrected chi connectivity index (χ0v) is 21.7. The Balaban J connectivity index is 1.52. The highest BCUT2D eigenvalue weighted by Crippen LogP contribution is 2.26. The fourth-order valence-corrected chi connectivity index (χ4v) is 6.13. The first-order valence-corrected chi connectivity index (χ1v) is 14.4. The molecule has 0 bridgehead atoms. The lowest BCUT2D eigenvalue weighted by atomic mass is 10.1. The van der Waals surface area contributed by atoms with Crippen LogP contribution in [0.3, 0.4) is 0 Å². The lowest BCUT2D eigenvalue weighted by Gasteiger charge is -2.26. The molecule has 35 heavy (non-hydrogen) atoms. The molecule has 1 saturated heterocycles. The number of carbonyl (C=O) groups excluding carboxylic acids is 1. The van der Waals surface area contributed by atoms with Crippen molar-refractivity contribution in [2.45, 2.75) is 18.7 Å². The van der Waals surface area contributed by atoms with E-state index in [0.29, 0.717) is 37.7 Å². The first kappa shape index (κ1) is 26.9. The highest BCUT2D eigenvalue weighted by molar-refractivity contribution is 7.92. The van der Waals surface area contributed by atoms with E-state index in [2.05, 4.69) is 5.32 Å². The summed E-state index contributed by atoms with van der Waals surface area (Å²) in [6.45, 7) is 4.91. The number of nitrogens with zero attached hydrogens (tertiary/aromatic N) is 2. The third kappa shape index (κ3) is 6.94.